The molecule has 0 radical (unpaired) electrons. The van der Waals surface area contributed by atoms with Gasteiger partial charge in [0.15, 0.2) is 0 Å². The second-order valence-corrected chi connectivity index (χ2v) is 5.54. The molecule has 0 aliphatic rings. The molecule has 19 heavy (non-hydrogen) atoms. The van der Waals surface area contributed by atoms with E-state index >= 15 is 0 Å². The van der Waals surface area contributed by atoms with E-state index in [1.54, 1.807) is 29.5 Å². The van der Waals surface area contributed by atoms with Gasteiger partial charge in [0, 0.05) is 15.3 Å². The van der Waals surface area contributed by atoms with Gasteiger partial charge in [0.05, 0.1) is 0 Å². The molecule has 0 aliphatic carbocycles. The number of hydrogen-bond donors (Lipinski definition) is 1. The summed E-state index contributed by atoms with van der Waals surface area (Å²) in [7, 11) is 0. The molecule has 4 heteroatoms. The van der Waals surface area contributed by atoms with E-state index in [9.17, 15) is 5.11 Å². The minimum Gasteiger partial charge on any atom is -0.508 e. The fourth-order valence-corrected chi connectivity index (χ4v) is 3.06. The number of thiophene rings is 1. The fraction of sp³-hybridized carbons (Fsp3) is 0.0667. The van der Waals surface area contributed by atoms with Crippen molar-refractivity contribution in [3.63, 3.8) is 0 Å². The lowest BCUT2D eigenvalue weighted by Crippen LogP contribution is -1.93. The first-order valence-corrected chi connectivity index (χ1v) is 7.05. The molecule has 0 saturated heterocycles. The lowest BCUT2D eigenvalue weighted by Gasteiger charge is -2.05. The third-order valence-corrected chi connectivity index (χ3v) is 4.06. The third-order valence-electron chi connectivity index (χ3n) is 2.83. The summed E-state index contributed by atoms with van der Waals surface area (Å²) in [5.74, 6) is 1.04. The summed E-state index contributed by atoms with van der Waals surface area (Å²) < 4.78 is 6.79. The zero-order chi connectivity index (χ0) is 13.2. The number of ether oxygens (including phenoxy) is 1. The van der Waals surface area contributed by atoms with Crippen LogP contribution in [0.4, 0.5) is 0 Å². The molecular weight excluding hydrogens is 280 g/mol. The lowest BCUT2D eigenvalue weighted by molar-refractivity contribution is 0.308. The van der Waals surface area contributed by atoms with E-state index in [4.69, 9.17) is 16.3 Å². The van der Waals surface area contributed by atoms with E-state index in [0.29, 0.717) is 11.6 Å². The zero-order valence-electron chi connectivity index (χ0n) is 9.97. The van der Waals surface area contributed by atoms with Crippen LogP contribution in [-0.4, -0.2) is 5.11 Å². The molecule has 2 nitrogen and oxygen atoms in total. The summed E-state index contributed by atoms with van der Waals surface area (Å²) in [6.45, 7) is 0.491. The fourth-order valence-electron chi connectivity index (χ4n) is 1.90. The highest BCUT2D eigenvalue weighted by Gasteiger charge is 2.05. The minimum atomic E-state index is 0.289. The predicted octanol–water partition coefficient (Wildman–Crippen LogP) is 4.84. The topological polar surface area (TPSA) is 29.5 Å². The SMILES string of the molecule is Oc1ccc2c(COc3cccc(Cl)c3)csc2c1. The van der Waals surface area contributed by atoms with Gasteiger partial charge in [-0.15, -0.1) is 11.3 Å². The minimum absolute atomic E-state index is 0.289. The molecule has 2 aromatic carbocycles. The number of halogens is 1. The van der Waals surface area contributed by atoms with E-state index in [0.717, 1.165) is 21.4 Å². The molecule has 0 spiro atoms. The van der Waals surface area contributed by atoms with E-state index in [-0.39, 0.29) is 5.75 Å². The van der Waals surface area contributed by atoms with Gasteiger partial charge in [-0.2, -0.15) is 0 Å². The Kier molecular flexibility index (Phi) is 3.32. The molecule has 0 saturated carbocycles. The molecule has 1 aromatic heterocycles. The summed E-state index contributed by atoms with van der Waals surface area (Å²) >= 11 is 7.51. The highest BCUT2D eigenvalue weighted by Crippen LogP contribution is 2.30. The number of phenolic OH excluding ortho intramolecular Hbond substituents is 1. The number of benzene rings is 2. The van der Waals surface area contributed by atoms with Crippen molar-refractivity contribution in [3.05, 3.63) is 58.4 Å². The molecule has 0 aliphatic heterocycles. The molecule has 0 unspecified atom stereocenters. The highest BCUT2D eigenvalue weighted by atomic mass is 35.5. The number of hydrogen-bond acceptors (Lipinski definition) is 3. The summed E-state index contributed by atoms with van der Waals surface area (Å²) in [5, 5.41) is 13.3. The maximum atomic E-state index is 9.44. The predicted molar refractivity (Wildman–Crippen MR) is 79.3 cm³/mol. The van der Waals surface area contributed by atoms with Crippen LogP contribution in [0.3, 0.4) is 0 Å². The smallest absolute Gasteiger partial charge is 0.121 e. The van der Waals surface area contributed by atoms with E-state index in [1.165, 1.54) is 0 Å². The van der Waals surface area contributed by atoms with E-state index < -0.39 is 0 Å². The third kappa shape index (κ3) is 2.67. The van der Waals surface area contributed by atoms with Gasteiger partial charge >= 0.3 is 0 Å². The molecule has 96 valence electrons. The standard InChI is InChI=1S/C15H11ClO2S/c16-11-2-1-3-13(6-11)18-8-10-9-19-15-7-12(17)4-5-14(10)15/h1-7,9,17H,8H2. The normalized spacial score (nSPS) is 10.8. The molecule has 0 atom stereocenters. The van der Waals surface area contributed by atoms with Gasteiger partial charge < -0.3 is 9.84 Å². The summed E-state index contributed by atoms with van der Waals surface area (Å²) in [4.78, 5) is 0. The second kappa shape index (κ2) is 5.11. The second-order valence-electron chi connectivity index (χ2n) is 4.19. The Hall–Kier alpha value is -1.71. The molecule has 1 N–H and O–H groups in total. The van der Waals surface area contributed by atoms with Crippen molar-refractivity contribution in [3.8, 4) is 11.5 Å². The van der Waals surface area contributed by atoms with Crippen molar-refractivity contribution < 1.29 is 9.84 Å². The summed E-state index contributed by atoms with van der Waals surface area (Å²) in [5.41, 5.74) is 1.11. The molecule has 0 bridgehead atoms. The Morgan fingerprint density at radius 3 is 2.89 bits per heavy atom. The van der Waals surface area contributed by atoms with E-state index in [1.807, 2.05) is 24.3 Å². The Morgan fingerprint density at radius 2 is 2.05 bits per heavy atom. The Morgan fingerprint density at radius 1 is 1.16 bits per heavy atom. The number of rotatable bonds is 3. The van der Waals surface area contributed by atoms with Crippen molar-refractivity contribution in [2.24, 2.45) is 0 Å². The van der Waals surface area contributed by atoms with Crippen LogP contribution in [-0.2, 0) is 6.61 Å². The van der Waals surface area contributed by atoms with Gasteiger partial charge in [-0.05, 0) is 47.2 Å². The molecule has 0 amide bonds. The molecule has 0 fully saturated rings. The largest absolute Gasteiger partial charge is 0.508 e. The van der Waals surface area contributed by atoms with Gasteiger partial charge in [-0.25, -0.2) is 0 Å². The van der Waals surface area contributed by atoms with Crippen LogP contribution in [0.25, 0.3) is 10.1 Å². The van der Waals surface area contributed by atoms with Gasteiger partial charge in [0.2, 0.25) is 0 Å². The summed E-state index contributed by atoms with van der Waals surface area (Å²) in [6.07, 6.45) is 0. The Bertz CT molecular complexity index is 721. The maximum absolute atomic E-state index is 9.44. The average Bonchev–Trinajstić information content (AvgIpc) is 2.78. The van der Waals surface area contributed by atoms with Gasteiger partial charge in [0.1, 0.15) is 18.1 Å². The van der Waals surface area contributed by atoms with Crippen LogP contribution in [0, 0.1) is 0 Å². The van der Waals surface area contributed by atoms with Gasteiger partial charge in [-0.1, -0.05) is 17.7 Å². The molecule has 3 aromatic rings. The quantitative estimate of drug-likeness (QED) is 0.748. The lowest BCUT2D eigenvalue weighted by atomic mass is 10.2. The van der Waals surface area contributed by atoms with Gasteiger partial charge in [0.25, 0.3) is 0 Å². The maximum Gasteiger partial charge on any atom is 0.121 e. The molecule has 3 rings (SSSR count). The van der Waals surface area contributed by atoms with Crippen LogP contribution in [0.1, 0.15) is 5.56 Å². The monoisotopic (exact) mass is 290 g/mol. The summed E-state index contributed by atoms with van der Waals surface area (Å²) in [6, 6.07) is 12.7. The Balaban J connectivity index is 1.82. The van der Waals surface area contributed by atoms with Crippen molar-refractivity contribution >= 4 is 33.0 Å². The average molecular weight is 291 g/mol. The van der Waals surface area contributed by atoms with Gasteiger partial charge in [-0.3, -0.25) is 0 Å². The van der Waals surface area contributed by atoms with Crippen LogP contribution >= 0.6 is 22.9 Å². The Labute approximate surface area is 119 Å². The first-order valence-electron chi connectivity index (χ1n) is 5.80. The zero-order valence-corrected chi connectivity index (χ0v) is 11.5. The van der Waals surface area contributed by atoms with Crippen molar-refractivity contribution in [1.29, 1.82) is 0 Å². The molecule has 1 heterocycles. The number of phenols is 1. The first kappa shape index (κ1) is 12.3. The highest BCUT2D eigenvalue weighted by molar-refractivity contribution is 7.17. The van der Waals surface area contributed by atoms with Crippen LogP contribution < -0.4 is 4.74 Å². The van der Waals surface area contributed by atoms with E-state index in [2.05, 4.69) is 5.38 Å². The van der Waals surface area contributed by atoms with Crippen LogP contribution in [0.2, 0.25) is 5.02 Å². The first-order chi connectivity index (χ1) is 9.22. The van der Waals surface area contributed by atoms with Crippen molar-refractivity contribution in [2.45, 2.75) is 6.61 Å². The van der Waals surface area contributed by atoms with Crippen LogP contribution in [0.5, 0.6) is 11.5 Å². The van der Waals surface area contributed by atoms with Crippen LogP contribution in [0.15, 0.2) is 47.8 Å². The van der Waals surface area contributed by atoms with Crippen molar-refractivity contribution in [2.75, 3.05) is 0 Å². The molecular formula is C15H11ClO2S. The van der Waals surface area contributed by atoms with Crippen molar-refractivity contribution in [1.82, 2.24) is 0 Å². The number of aromatic hydroxyl groups is 1. The number of fused-ring (bicyclic) bond motifs is 1.